The zero-order valence-corrected chi connectivity index (χ0v) is 18.1. The van der Waals surface area contributed by atoms with Gasteiger partial charge in [0.05, 0.1) is 17.0 Å². The fraction of sp³-hybridized carbons (Fsp3) is 0.0909. The molecule has 2 aromatic carbocycles. The van der Waals surface area contributed by atoms with Gasteiger partial charge in [-0.25, -0.2) is 0 Å². The predicted octanol–water partition coefficient (Wildman–Crippen LogP) is 6.96. The minimum atomic E-state index is -4.53. The number of carbonyl (C=O) groups excluding carboxylic acids is 2. The first-order valence-corrected chi connectivity index (χ1v) is 10.6. The summed E-state index contributed by atoms with van der Waals surface area (Å²) < 4.78 is 46.2. The Morgan fingerprint density at radius 2 is 1.71 bits per heavy atom. The third-order valence-corrected chi connectivity index (χ3v) is 5.96. The van der Waals surface area contributed by atoms with Crippen molar-refractivity contribution in [3.63, 3.8) is 0 Å². The van der Waals surface area contributed by atoms with Crippen molar-refractivity contribution >= 4 is 44.9 Å². The molecule has 3 aromatic rings. The highest BCUT2D eigenvalue weighted by molar-refractivity contribution is 9.10. The summed E-state index contributed by atoms with van der Waals surface area (Å²) >= 11 is 4.09. The average molecular weight is 508 g/mol. The Kier molecular flexibility index (Phi) is 5.81. The Labute approximate surface area is 187 Å². The van der Waals surface area contributed by atoms with E-state index in [0.29, 0.717) is 0 Å². The first-order chi connectivity index (χ1) is 14.7. The number of alkyl halides is 3. The van der Waals surface area contributed by atoms with E-state index in [4.69, 9.17) is 4.42 Å². The Bertz CT molecular complexity index is 1190. The first kappa shape index (κ1) is 21.5. The summed E-state index contributed by atoms with van der Waals surface area (Å²) in [4.78, 5) is 26.2. The van der Waals surface area contributed by atoms with E-state index in [1.54, 1.807) is 12.1 Å². The monoisotopic (exact) mass is 507 g/mol. The lowest BCUT2D eigenvalue weighted by Gasteiger charge is -2.12. The zero-order valence-electron chi connectivity index (χ0n) is 15.7. The first-order valence-electron chi connectivity index (χ1n) is 8.98. The van der Waals surface area contributed by atoms with Crippen LogP contribution in [0.4, 0.5) is 18.0 Å². The van der Waals surface area contributed by atoms with E-state index in [1.807, 2.05) is 12.1 Å². The lowest BCUT2D eigenvalue weighted by Crippen LogP contribution is -2.27. The van der Waals surface area contributed by atoms with Crippen LogP contribution < -0.4 is 0 Å². The molecule has 2 heterocycles. The van der Waals surface area contributed by atoms with Gasteiger partial charge in [-0.3, -0.25) is 14.5 Å². The fourth-order valence-electron chi connectivity index (χ4n) is 3.06. The van der Waals surface area contributed by atoms with E-state index < -0.39 is 22.9 Å². The van der Waals surface area contributed by atoms with E-state index in [9.17, 15) is 22.8 Å². The molecule has 0 unspecified atom stereocenters. The smallest absolute Gasteiger partial charge is 0.417 e. The van der Waals surface area contributed by atoms with Crippen LogP contribution >= 0.6 is 27.7 Å². The van der Waals surface area contributed by atoms with Gasteiger partial charge < -0.3 is 4.42 Å². The van der Waals surface area contributed by atoms with Crippen molar-refractivity contribution in [3.8, 4) is 11.3 Å². The molecule has 1 fully saturated rings. The van der Waals surface area contributed by atoms with Crippen LogP contribution in [0.25, 0.3) is 17.4 Å². The Morgan fingerprint density at radius 3 is 2.42 bits per heavy atom. The second kappa shape index (κ2) is 8.39. The lowest BCUT2D eigenvalue weighted by atomic mass is 10.1. The van der Waals surface area contributed by atoms with Crippen LogP contribution in [0, 0.1) is 0 Å². The summed E-state index contributed by atoms with van der Waals surface area (Å²) in [6.07, 6.45) is -3.16. The van der Waals surface area contributed by atoms with Gasteiger partial charge in [-0.15, -0.1) is 0 Å². The molecule has 2 amide bonds. The average Bonchev–Trinajstić information content (AvgIpc) is 3.29. The number of imide groups is 1. The van der Waals surface area contributed by atoms with Crippen molar-refractivity contribution in [2.75, 3.05) is 0 Å². The van der Waals surface area contributed by atoms with E-state index in [1.165, 1.54) is 36.4 Å². The third-order valence-electron chi connectivity index (χ3n) is 4.53. The van der Waals surface area contributed by atoms with Crippen molar-refractivity contribution < 1.29 is 27.2 Å². The molecule has 0 spiro atoms. The summed E-state index contributed by atoms with van der Waals surface area (Å²) in [7, 11) is 0. The van der Waals surface area contributed by atoms with E-state index >= 15 is 0 Å². The van der Waals surface area contributed by atoms with Gasteiger partial charge in [-0.1, -0.05) is 46.3 Å². The summed E-state index contributed by atoms with van der Waals surface area (Å²) in [6, 6.07) is 15.2. The van der Waals surface area contributed by atoms with Gasteiger partial charge in [0.15, 0.2) is 0 Å². The maximum Gasteiger partial charge on any atom is 0.417 e. The third kappa shape index (κ3) is 4.62. The standard InChI is InChI=1S/C22H13BrF3NO3S/c23-14-7-5-13(6-8-14)12-27-20(28)19(31-21(27)29)11-15-9-10-18(30-15)16-3-1-2-4-17(16)22(24,25)26/h1-11H,12H2/b19-11+. The van der Waals surface area contributed by atoms with Crippen molar-refractivity contribution in [2.45, 2.75) is 12.7 Å². The fourth-order valence-corrected chi connectivity index (χ4v) is 4.14. The highest BCUT2D eigenvalue weighted by Crippen LogP contribution is 2.38. The SMILES string of the molecule is O=C1S/C(=C/c2ccc(-c3ccccc3C(F)(F)F)o2)C(=O)N1Cc1ccc(Br)cc1. The van der Waals surface area contributed by atoms with Crippen LogP contribution in [0.3, 0.4) is 0 Å². The van der Waals surface area contributed by atoms with Crippen LogP contribution in [0.15, 0.2) is 74.5 Å². The molecule has 9 heteroatoms. The molecule has 1 aliphatic heterocycles. The molecular weight excluding hydrogens is 495 g/mol. The van der Waals surface area contributed by atoms with Crippen molar-refractivity contribution in [1.82, 2.24) is 4.90 Å². The largest absolute Gasteiger partial charge is 0.457 e. The molecule has 1 saturated heterocycles. The number of halogens is 4. The quantitative estimate of drug-likeness (QED) is 0.358. The predicted molar refractivity (Wildman–Crippen MR) is 115 cm³/mol. The Hall–Kier alpha value is -2.78. The number of hydrogen-bond donors (Lipinski definition) is 0. The second-order valence-electron chi connectivity index (χ2n) is 6.64. The maximum absolute atomic E-state index is 13.3. The van der Waals surface area contributed by atoms with Crippen molar-refractivity contribution in [2.24, 2.45) is 0 Å². The molecule has 0 radical (unpaired) electrons. The van der Waals surface area contributed by atoms with Crippen LogP contribution in [0.5, 0.6) is 0 Å². The molecule has 0 atom stereocenters. The van der Waals surface area contributed by atoms with E-state index in [0.717, 1.165) is 32.8 Å². The highest BCUT2D eigenvalue weighted by Gasteiger charge is 2.36. The van der Waals surface area contributed by atoms with Gasteiger partial charge in [0, 0.05) is 16.1 Å². The number of furan rings is 1. The highest BCUT2D eigenvalue weighted by atomic mass is 79.9. The van der Waals surface area contributed by atoms with Gasteiger partial charge in [0.1, 0.15) is 11.5 Å². The van der Waals surface area contributed by atoms with Crippen LogP contribution in [0.2, 0.25) is 0 Å². The number of benzene rings is 2. The second-order valence-corrected chi connectivity index (χ2v) is 8.55. The van der Waals surface area contributed by atoms with E-state index in [2.05, 4.69) is 15.9 Å². The summed E-state index contributed by atoms with van der Waals surface area (Å²) in [5, 5.41) is -0.423. The zero-order chi connectivity index (χ0) is 22.2. The molecule has 0 saturated carbocycles. The van der Waals surface area contributed by atoms with Crippen LogP contribution in [-0.2, 0) is 17.5 Å². The van der Waals surface area contributed by atoms with Gasteiger partial charge in [0.25, 0.3) is 11.1 Å². The number of rotatable bonds is 4. The molecule has 1 aliphatic rings. The Morgan fingerprint density at radius 1 is 1.00 bits per heavy atom. The Balaban J connectivity index is 1.57. The molecule has 4 nitrogen and oxygen atoms in total. The van der Waals surface area contributed by atoms with E-state index in [-0.39, 0.29) is 28.5 Å². The van der Waals surface area contributed by atoms with Gasteiger partial charge in [-0.05, 0) is 47.7 Å². The number of amides is 2. The van der Waals surface area contributed by atoms with Gasteiger partial charge in [0.2, 0.25) is 0 Å². The molecular formula is C22H13BrF3NO3S. The van der Waals surface area contributed by atoms with Gasteiger partial charge in [-0.2, -0.15) is 13.2 Å². The van der Waals surface area contributed by atoms with Crippen molar-refractivity contribution in [3.05, 3.63) is 86.9 Å². The normalized spacial score (nSPS) is 15.9. The number of thioether (sulfide) groups is 1. The summed E-state index contributed by atoms with van der Waals surface area (Å²) in [5.74, 6) is -0.277. The minimum absolute atomic E-state index is 0.0215. The van der Waals surface area contributed by atoms with Crippen molar-refractivity contribution in [1.29, 1.82) is 0 Å². The lowest BCUT2D eigenvalue weighted by molar-refractivity contribution is -0.137. The minimum Gasteiger partial charge on any atom is -0.457 e. The topological polar surface area (TPSA) is 50.5 Å². The van der Waals surface area contributed by atoms with Gasteiger partial charge >= 0.3 is 6.18 Å². The van der Waals surface area contributed by atoms with Crippen LogP contribution in [-0.4, -0.2) is 16.0 Å². The number of carbonyl (C=O) groups is 2. The van der Waals surface area contributed by atoms with Crippen LogP contribution in [0.1, 0.15) is 16.9 Å². The molecule has 158 valence electrons. The molecule has 0 aliphatic carbocycles. The number of hydrogen-bond acceptors (Lipinski definition) is 4. The molecule has 0 N–H and O–H groups in total. The molecule has 31 heavy (non-hydrogen) atoms. The molecule has 4 rings (SSSR count). The number of nitrogens with zero attached hydrogens (tertiary/aromatic N) is 1. The molecule has 1 aromatic heterocycles. The summed E-state index contributed by atoms with van der Waals surface area (Å²) in [5.41, 5.74) is -0.125. The maximum atomic E-state index is 13.3. The molecule has 0 bridgehead atoms. The summed E-state index contributed by atoms with van der Waals surface area (Å²) in [6.45, 7) is 0.123.